The minimum atomic E-state index is -0.0316. The third-order valence-electron chi connectivity index (χ3n) is 6.04. The van der Waals surface area contributed by atoms with E-state index in [1.54, 1.807) is 6.92 Å². The lowest BCUT2D eigenvalue weighted by Gasteiger charge is -2.41. The molecule has 1 aromatic carbocycles. The summed E-state index contributed by atoms with van der Waals surface area (Å²) in [5.74, 6) is 2.90. The van der Waals surface area contributed by atoms with Gasteiger partial charge in [0.1, 0.15) is 5.75 Å². The number of carbonyl (C=O) groups excluding carboxylic acids is 1. The number of hydrogen-bond donors (Lipinski definition) is 0. The Morgan fingerprint density at radius 2 is 1.86 bits per heavy atom. The Hall–Kier alpha value is -1.55. The average molecular weight is 404 g/mol. The summed E-state index contributed by atoms with van der Waals surface area (Å²) in [7, 11) is 0. The van der Waals surface area contributed by atoms with Gasteiger partial charge in [0.25, 0.3) is 0 Å². The van der Waals surface area contributed by atoms with Gasteiger partial charge in [-0.05, 0) is 82.4 Å². The van der Waals surface area contributed by atoms with E-state index in [4.69, 9.17) is 9.47 Å². The zero-order valence-electron chi connectivity index (χ0n) is 19.5. The van der Waals surface area contributed by atoms with Gasteiger partial charge in [-0.2, -0.15) is 0 Å². The number of nitrogens with zero attached hydrogens (tertiary/aromatic N) is 1. The minimum absolute atomic E-state index is 0.0316. The molecule has 1 amide bonds. The summed E-state index contributed by atoms with van der Waals surface area (Å²) in [5, 5.41) is 0. The van der Waals surface area contributed by atoms with Crippen molar-refractivity contribution in [3.63, 3.8) is 0 Å². The molecular weight excluding hydrogens is 362 g/mol. The Morgan fingerprint density at radius 3 is 2.38 bits per heavy atom. The van der Waals surface area contributed by atoms with Gasteiger partial charge in [0.2, 0.25) is 5.91 Å². The molecule has 0 aromatic heterocycles. The molecular formula is C25H41NO3. The minimum Gasteiger partial charge on any atom is -0.491 e. The van der Waals surface area contributed by atoms with Crippen molar-refractivity contribution in [2.75, 3.05) is 13.2 Å². The summed E-state index contributed by atoms with van der Waals surface area (Å²) >= 11 is 0. The van der Waals surface area contributed by atoms with E-state index in [9.17, 15) is 4.79 Å². The summed E-state index contributed by atoms with van der Waals surface area (Å²) in [6, 6.07) is 8.12. The number of rotatable bonds is 9. The topological polar surface area (TPSA) is 38.8 Å². The van der Waals surface area contributed by atoms with E-state index in [1.165, 1.54) is 0 Å². The Bertz CT molecular complexity index is 636. The molecule has 0 radical (unpaired) electrons. The second-order valence-electron chi connectivity index (χ2n) is 9.81. The van der Waals surface area contributed by atoms with E-state index in [-0.39, 0.29) is 17.6 Å². The lowest BCUT2D eigenvalue weighted by Crippen LogP contribution is -2.39. The van der Waals surface area contributed by atoms with E-state index in [0.717, 1.165) is 43.7 Å². The predicted octanol–water partition coefficient (Wildman–Crippen LogP) is 5.69. The SMILES string of the molecule is CC(=O)N(CC[C@@H](C(C)C)[C@@H]1CCOC(C)(C)C1)Cc1ccc(OC(C)C)cc1. The zero-order chi connectivity index (χ0) is 21.6. The van der Waals surface area contributed by atoms with Crippen LogP contribution in [0.1, 0.15) is 73.3 Å². The Morgan fingerprint density at radius 1 is 1.21 bits per heavy atom. The molecule has 0 saturated carbocycles. The smallest absolute Gasteiger partial charge is 0.219 e. The van der Waals surface area contributed by atoms with E-state index in [0.29, 0.717) is 24.3 Å². The molecule has 29 heavy (non-hydrogen) atoms. The largest absolute Gasteiger partial charge is 0.491 e. The van der Waals surface area contributed by atoms with Crippen molar-refractivity contribution in [2.24, 2.45) is 17.8 Å². The molecule has 2 atom stereocenters. The van der Waals surface area contributed by atoms with Crippen LogP contribution in [0.5, 0.6) is 5.75 Å². The van der Waals surface area contributed by atoms with Crippen LogP contribution in [0.2, 0.25) is 0 Å². The fourth-order valence-corrected chi connectivity index (χ4v) is 4.58. The van der Waals surface area contributed by atoms with Gasteiger partial charge < -0.3 is 14.4 Å². The average Bonchev–Trinajstić information content (AvgIpc) is 2.60. The van der Waals surface area contributed by atoms with Gasteiger partial charge in [-0.25, -0.2) is 0 Å². The molecule has 1 heterocycles. The maximum Gasteiger partial charge on any atom is 0.219 e. The van der Waals surface area contributed by atoms with Crippen LogP contribution < -0.4 is 4.74 Å². The zero-order valence-corrected chi connectivity index (χ0v) is 19.5. The normalized spacial score (nSPS) is 20.0. The van der Waals surface area contributed by atoms with Crippen molar-refractivity contribution in [3.8, 4) is 5.75 Å². The van der Waals surface area contributed by atoms with Gasteiger partial charge in [0, 0.05) is 26.6 Å². The summed E-state index contributed by atoms with van der Waals surface area (Å²) in [5.41, 5.74) is 1.11. The fraction of sp³-hybridized carbons (Fsp3) is 0.720. The maximum atomic E-state index is 12.3. The van der Waals surface area contributed by atoms with Crippen LogP contribution >= 0.6 is 0 Å². The highest BCUT2D eigenvalue weighted by Gasteiger charge is 2.34. The number of amides is 1. The van der Waals surface area contributed by atoms with Crippen LogP contribution in [-0.2, 0) is 16.1 Å². The van der Waals surface area contributed by atoms with E-state index < -0.39 is 0 Å². The van der Waals surface area contributed by atoms with E-state index >= 15 is 0 Å². The molecule has 164 valence electrons. The highest BCUT2D eigenvalue weighted by molar-refractivity contribution is 5.73. The highest BCUT2D eigenvalue weighted by atomic mass is 16.5. The first-order valence-electron chi connectivity index (χ1n) is 11.2. The summed E-state index contributed by atoms with van der Waals surface area (Å²) < 4.78 is 11.6. The van der Waals surface area contributed by atoms with Gasteiger partial charge in [0.15, 0.2) is 0 Å². The third kappa shape index (κ3) is 7.65. The maximum absolute atomic E-state index is 12.3. The molecule has 0 unspecified atom stereocenters. The second kappa shape index (κ2) is 10.5. The first-order valence-corrected chi connectivity index (χ1v) is 11.2. The Labute approximate surface area is 178 Å². The summed E-state index contributed by atoms with van der Waals surface area (Å²) in [4.78, 5) is 14.3. The van der Waals surface area contributed by atoms with Crippen molar-refractivity contribution >= 4 is 5.91 Å². The molecule has 1 aliphatic rings. The lowest BCUT2D eigenvalue weighted by molar-refractivity contribution is -0.130. The van der Waals surface area contributed by atoms with E-state index in [1.807, 2.05) is 30.9 Å². The molecule has 0 bridgehead atoms. The molecule has 1 fully saturated rings. The molecule has 4 heteroatoms. The van der Waals surface area contributed by atoms with Crippen LogP contribution in [0.3, 0.4) is 0 Å². The van der Waals surface area contributed by atoms with Crippen molar-refractivity contribution in [3.05, 3.63) is 29.8 Å². The van der Waals surface area contributed by atoms with Crippen LogP contribution in [0.15, 0.2) is 24.3 Å². The van der Waals surface area contributed by atoms with Gasteiger partial charge in [-0.3, -0.25) is 4.79 Å². The number of benzene rings is 1. The molecule has 0 spiro atoms. The van der Waals surface area contributed by atoms with Crippen LogP contribution in [-0.4, -0.2) is 35.7 Å². The van der Waals surface area contributed by atoms with Crippen molar-refractivity contribution in [1.82, 2.24) is 4.90 Å². The molecule has 0 N–H and O–H groups in total. The summed E-state index contributed by atoms with van der Waals surface area (Å²) in [6.45, 7) is 17.1. The van der Waals surface area contributed by atoms with Gasteiger partial charge in [-0.15, -0.1) is 0 Å². The molecule has 4 nitrogen and oxygen atoms in total. The van der Waals surface area contributed by atoms with Gasteiger partial charge in [-0.1, -0.05) is 26.0 Å². The standard InChI is InChI=1S/C25H41NO3/c1-18(2)24(22-13-15-28-25(6,7)16-22)12-14-26(20(5)27)17-21-8-10-23(11-9-21)29-19(3)4/h8-11,18-19,22,24H,12-17H2,1-7H3/t22-,24+/m1/s1. The Balaban J connectivity index is 1.98. The van der Waals surface area contributed by atoms with Crippen LogP contribution in [0.25, 0.3) is 0 Å². The second-order valence-corrected chi connectivity index (χ2v) is 9.81. The first-order chi connectivity index (χ1) is 13.6. The van der Waals surface area contributed by atoms with Crippen molar-refractivity contribution < 1.29 is 14.3 Å². The van der Waals surface area contributed by atoms with Gasteiger partial charge >= 0.3 is 0 Å². The first kappa shape index (κ1) is 23.7. The quantitative estimate of drug-likeness (QED) is 0.532. The molecule has 2 rings (SSSR count). The molecule has 1 saturated heterocycles. The van der Waals surface area contributed by atoms with Gasteiger partial charge in [0.05, 0.1) is 11.7 Å². The van der Waals surface area contributed by atoms with Crippen molar-refractivity contribution in [1.29, 1.82) is 0 Å². The highest BCUT2D eigenvalue weighted by Crippen LogP contribution is 2.38. The van der Waals surface area contributed by atoms with E-state index in [2.05, 4.69) is 39.8 Å². The Kier molecular flexibility index (Phi) is 8.57. The van der Waals surface area contributed by atoms with Crippen LogP contribution in [0.4, 0.5) is 0 Å². The lowest BCUT2D eigenvalue weighted by atomic mass is 9.73. The molecule has 1 aromatic rings. The number of carbonyl (C=O) groups is 1. The monoisotopic (exact) mass is 403 g/mol. The molecule has 0 aliphatic carbocycles. The predicted molar refractivity (Wildman–Crippen MR) is 119 cm³/mol. The number of ether oxygens (including phenoxy) is 2. The van der Waals surface area contributed by atoms with Crippen LogP contribution in [0, 0.1) is 17.8 Å². The fourth-order valence-electron chi connectivity index (χ4n) is 4.58. The third-order valence-corrected chi connectivity index (χ3v) is 6.04. The summed E-state index contributed by atoms with van der Waals surface area (Å²) in [6.07, 6.45) is 3.45. The number of hydrogen-bond acceptors (Lipinski definition) is 3. The molecule has 1 aliphatic heterocycles. The van der Waals surface area contributed by atoms with Crippen molar-refractivity contribution in [2.45, 2.75) is 86.0 Å².